The van der Waals surface area contributed by atoms with Crippen molar-refractivity contribution < 1.29 is 29.6 Å². The second kappa shape index (κ2) is 7.66. The van der Waals surface area contributed by atoms with Crippen LogP contribution < -0.4 is 5.32 Å². The smallest absolute Gasteiger partial charge is 0.217 e. The third-order valence-corrected chi connectivity index (χ3v) is 3.53. The monoisotopic (exact) mass is 311 g/mol. The molecule has 1 amide bonds. The van der Waals surface area contributed by atoms with Gasteiger partial charge >= 0.3 is 0 Å². The Kier molecular flexibility index (Phi) is 5.87. The molecular weight excluding hydrogens is 290 g/mol. The lowest BCUT2D eigenvalue weighted by atomic mass is 9.96. The number of ether oxygens (including phenoxy) is 2. The van der Waals surface area contributed by atoms with Crippen molar-refractivity contribution in [1.82, 2.24) is 5.32 Å². The Labute approximate surface area is 128 Å². The zero-order valence-corrected chi connectivity index (χ0v) is 12.3. The first-order valence-electron chi connectivity index (χ1n) is 7.08. The van der Waals surface area contributed by atoms with Gasteiger partial charge in [-0.3, -0.25) is 4.79 Å². The average Bonchev–Trinajstić information content (AvgIpc) is 2.50. The number of nitrogens with one attached hydrogen (secondary N) is 1. The minimum absolute atomic E-state index is 0.198. The fourth-order valence-corrected chi connectivity index (χ4v) is 2.44. The summed E-state index contributed by atoms with van der Waals surface area (Å²) in [6.45, 7) is 1.03. The van der Waals surface area contributed by atoms with Crippen LogP contribution in [-0.2, 0) is 20.9 Å². The zero-order valence-electron chi connectivity index (χ0n) is 12.3. The minimum atomic E-state index is -1.37. The van der Waals surface area contributed by atoms with Gasteiger partial charge in [-0.05, 0) is 5.56 Å². The molecule has 0 aromatic heterocycles. The van der Waals surface area contributed by atoms with Gasteiger partial charge in [0.15, 0.2) is 6.29 Å². The lowest BCUT2D eigenvalue weighted by molar-refractivity contribution is -0.263. The van der Waals surface area contributed by atoms with Gasteiger partial charge in [0.2, 0.25) is 5.91 Å². The van der Waals surface area contributed by atoms with Crippen LogP contribution in [0, 0.1) is 0 Å². The predicted octanol–water partition coefficient (Wildman–Crippen LogP) is -0.853. The van der Waals surface area contributed by atoms with E-state index in [1.165, 1.54) is 6.92 Å². The fraction of sp³-hybridized carbons (Fsp3) is 0.533. The van der Waals surface area contributed by atoms with Gasteiger partial charge < -0.3 is 30.1 Å². The summed E-state index contributed by atoms with van der Waals surface area (Å²) >= 11 is 0. The molecule has 1 aliphatic heterocycles. The maximum atomic E-state index is 11.3. The number of benzene rings is 1. The molecular formula is C15H21NO6. The molecule has 0 unspecified atom stereocenters. The third kappa shape index (κ3) is 4.02. The quantitative estimate of drug-likeness (QED) is 0.564. The fourth-order valence-electron chi connectivity index (χ4n) is 2.44. The SMILES string of the molecule is CC(=O)N[C@H]1[C@@H](OCc2ccccc2)[C@H](O)[C@@H](CO)O[C@@H]1O. The summed E-state index contributed by atoms with van der Waals surface area (Å²) in [5.74, 6) is -0.379. The van der Waals surface area contributed by atoms with E-state index < -0.39 is 37.3 Å². The van der Waals surface area contributed by atoms with Crippen LogP contribution in [0.15, 0.2) is 30.3 Å². The van der Waals surface area contributed by atoms with Crippen molar-refractivity contribution in [1.29, 1.82) is 0 Å². The van der Waals surface area contributed by atoms with Crippen molar-refractivity contribution in [3.8, 4) is 0 Å². The van der Waals surface area contributed by atoms with Gasteiger partial charge in [-0.15, -0.1) is 0 Å². The highest BCUT2D eigenvalue weighted by Gasteiger charge is 2.45. The molecule has 4 N–H and O–H groups in total. The Morgan fingerprint density at radius 3 is 2.59 bits per heavy atom. The van der Waals surface area contributed by atoms with E-state index in [-0.39, 0.29) is 12.5 Å². The maximum absolute atomic E-state index is 11.3. The molecule has 1 aliphatic rings. The van der Waals surface area contributed by atoms with Crippen molar-refractivity contribution in [3.05, 3.63) is 35.9 Å². The number of hydrogen-bond donors (Lipinski definition) is 4. The van der Waals surface area contributed by atoms with Gasteiger partial charge in [-0.25, -0.2) is 0 Å². The Morgan fingerprint density at radius 2 is 2.00 bits per heavy atom. The highest BCUT2D eigenvalue weighted by Crippen LogP contribution is 2.23. The van der Waals surface area contributed by atoms with Crippen LogP contribution in [0.1, 0.15) is 12.5 Å². The number of aliphatic hydroxyl groups is 3. The molecule has 0 spiro atoms. The number of hydrogen-bond acceptors (Lipinski definition) is 6. The first-order chi connectivity index (χ1) is 10.5. The van der Waals surface area contributed by atoms with Gasteiger partial charge in [0, 0.05) is 6.92 Å². The van der Waals surface area contributed by atoms with Crippen molar-refractivity contribution in [2.24, 2.45) is 0 Å². The number of rotatable bonds is 5. The Balaban J connectivity index is 2.10. The average molecular weight is 311 g/mol. The molecule has 22 heavy (non-hydrogen) atoms. The molecule has 1 heterocycles. The van der Waals surface area contributed by atoms with E-state index >= 15 is 0 Å². The van der Waals surface area contributed by atoms with Gasteiger partial charge in [-0.2, -0.15) is 0 Å². The van der Waals surface area contributed by atoms with Crippen LogP contribution in [0.5, 0.6) is 0 Å². The molecule has 0 radical (unpaired) electrons. The molecule has 1 aromatic rings. The largest absolute Gasteiger partial charge is 0.394 e. The van der Waals surface area contributed by atoms with Gasteiger partial charge in [-0.1, -0.05) is 30.3 Å². The summed E-state index contributed by atoms with van der Waals surface area (Å²) in [5, 5.41) is 31.9. The van der Waals surface area contributed by atoms with Crippen molar-refractivity contribution in [3.63, 3.8) is 0 Å². The van der Waals surface area contributed by atoms with E-state index in [1.807, 2.05) is 30.3 Å². The molecule has 122 valence electrons. The normalized spacial score (nSPS) is 31.7. The highest BCUT2D eigenvalue weighted by molar-refractivity contribution is 5.73. The predicted molar refractivity (Wildman–Crippen MR) is 76.6 cm³/mol. The van der Waals surface area contributed by atoms with Crippen LogP contribution in [0.2, 0.25) is 0 Å². The third-order valence-electron chi connectivity index (χ3n) is 3.53. The molecule has 1 saturated heterocycles. The standard InChI is InChI=1S/C15H21NO6/c1-9(18)16-12-14(13(19)11(7-17)22-15(12)20)21-8-10-5-3-2-4-6-10/h2-6,11-15,17,19-20H,7-8H2,1H3,(H,16,18)/t11-,12+,13-,14-,15+/m1/s1. The van der Waals surface area contributed by atoms with E-state index in [0.717, 1.165) is 5.56 Å². The lowest BCUT2D eigenvalue weighted by Crippen LogP contribution is -2.64. The minimum Gasteiger partial charge on any atom is -0.394 e. The summed E-state index contributed by atoms with van der Waals surface area (Å²) in [7, 11) is 0. The molecule has 0 saturated carbocycles. The second-order valence-electron chi connectivity index (χ2n) is 5.23. The summed E-state index contributed by atoms with van der Waals surface area (Å²) < 4.78 is 10.8. The first kappa shape index (κ1) is 16.9. The van der Waals surface area contributed by atoms with E-state index in [9.17, 15) is 20.1 Å². The van der Waals surface area contributed by atoms with Crippen molar-refractivity contribution in [2.45, 2.75) is 44.2 Å². The van der Waals surface area contributed by atoms with E-state index in [0.29, 0.717) is 0 Å². The van der Waals surface area contributed by atoms with Gasteiger partial charge in [0.1, 0.15) is 24.4 Å². The van der Waals surface area contributed by atoms with Crippen LogP contribution >= 0.6 is 0 Å². The highest BCUT2D eigenvalue weighted by atomic mass is 16.6. The number of carbonyl (C=O) groups excluding carboxylic acids is 1. The van der Waals surface area contributed by atoms with Crippen molar-refractivity contribution >= 4 is 5.91 Å². The second-order valence-corrected chi connectivity index (χ2v) is 5.23. The first-order valence-corrected chi connectivity index (χ1v) is 7.08. The number of amides is 1. The summed E-state index contributed by atoms with van der Waals surface area (Å²) in [6, 6.07) is 8.39. The molecule has 7 nitrogen and oxygen atoms in total. The Bertz CT molecular complexity index is 482. The zero-order chi connectivity index (χ0) is 16.1. The molecule has 2 rings (SSSR count). The number of aliphatic hydroxyl groups excluding tert-OH is 3. The van der Waals surface area contributed by atoms with Crippen LogP contribution in [-0.4, -0.2) is 58.5 Å². The van der Waals surface area contributed by atoms with Crippen LogP contribution in [0.3, 0.4) is 0 Å². The lowest BCUT2D eigenvalue weighted by Gasteiger charge is -2.42. The molecule has 0 bridgehead atoms. The molecule has 5 atom stereocenters. The van der Waals surface area contributed by atoms with E-state index in [4.69, 9.17) is 9.47 Å². The topological polar surface area (TPSA) is 108 Å². The van der Waals surface area contributed by atoms with E-state index in [1.54, 1.807) is 0 Å². The molecule has 0 aliphatic carbocycles. The van der Waals surface area contributed by atoms with Crippen LogP contribution in [0.4, 0.5) is 0 Å². The summed E-state index contributed by atoms with van der Waals surface area (Å²) in [5.41, 5.74) is 0.887. The summed E-state index contributed by atoms with van der Waals surface area (Å²) in [4.78, 5) is 11.3. The number of carbonyl (C=O) groups is 1. The Hall–Kier alpha value is -1.51. The molecule has 1 aromatic carbocycles. The molecule has 1 fully saturated rings. The molecule has 7 heteroatoms. The maximum Gasteiger partial charge on any atom is 0.217 e. The van der Waals surface area contributed by atoms with Gasteiger partial charge in [0.05, 0.1) is 13.2 Å². The van der Waals surface area contributed by atoms with Gasteiger partial charge in [0.25, 0.3) is 0 Å². The Morgan fingerprint density at radius 1 is 1.32 bits per heavy atom. The van der Waals surface area contributed by atoms with Crippen LogP contribution in [0.25, 0.3) is 0 Å². The van der Waals surface area contributed by atoms with E-state index in [2.05, 4.69) is 5.32 Å². The summed E-state index contributed by atoms with van der Waals surface area (Å²) in [6.07, 6.45) is -4.41. The van der Waals surface area contributed by atoms with Crippen molar-refractivity contribution in [2.75, 3.05) is 6.61 Å².